The predicted molar refractivity (Wildman–Crippen MR) is 63.9 cm³/mol. The number of nitrogens with one attached hydrogen (secondary N) is 1. The number of aromatic carboxylic acids is 1. The van der Waals surface area contributed by atoms with Crippen LogP contribution in [-0.2, 0) is 0 Å². The van der Waals surface area contributed by atoms with E-state index in [9.17, 15) is 9.59 Å². The third kappa shape index (κ3) is 2.53. The molecule has 0 spiro atoms. The highest BCUT2D eigenvalue weighted by molar-refractivity contribution is 7.14. The van der Waals surface area contributed by atoms with Crippen LogP contribution in [0.15, 0.2) is 0 Å². The molecule has 17 heavy (non-hydrogen) atoms. The number of aromatic nitrogens is 1. The minimum absolute atomic E-state index is 0.0870. The van der Waals surface area contributed by atoms with Gasteiger partial charge in [0.25, 0.3) is 0 Å². The molecule has 0 unspecified atom stereocenters. The number of nitrogens with zero attached hydrogens (tertiary/aromatic N) is 1. The highest BCUT2D eigenvalue weighted by Crippen LogP contribution is 2.31. The number of carboxylic acid groups (broad SMARTS) is 1. The Hall–Kier alpha value is -1.27. The quantitative estimate of drug-likeness (QED) is 0.799. The fourth-order valence-electron chi connectivity index (χ4n) is 1.96. The van der Waals surface area contributed by atoms with Gasteiger partial charge in [-0.05, 0) is 25.9 Å². The number of ketones is 1. The van der Waals surface area contributed by atoms with Crippen LogP contribution in [0.5, 0.6) is 0 Å². The van der Waals surface area contributed by atoms with Crippen molar-refractivity contribution in [2.45, 2.75) is 25.7 Å². The third-order valence-corrected chi connectivity index (χ3v) is 4.17. The van der Waals surface area contributed by atoms with Crippen molar-refractivity contribution in [3.8, 4) is 0 Å². The van der Waals surface area contributed by atoms with E-state index >= 15 is 0 Å². The first-order valence-corrected chi connectivity index (χ1v) is 6.37. The van der Waals surface area contributed by atoms with E-state index in [1.54, 1.807) is 0 Å². The van der Waals surface area contributed by atoms with E-state index < -0.39 is 5.97 Å². The van der Waals surface area contributed by atoms with Gasteiger partial charge in [-0.25, -0.2) is 9.78 Å². The monoisotopic (exact) mass is 254 g/mol. The summed E-state index contributed by atoms with van der Waals surface area (Å²) in [4.78, 5) is 26.8. The van der Waals surface area contributed by atoms with Gasteiger partial charge < -0.3 is 10.4 Å². The first-order chi connectivity index (χ1) is 8.09. The summed E-state index contributed by atoms with van der Waals surface area (Å²) < 4.78 is 0. The van der Waals surface area contributed by atoms with E-state index in [2.05, 4.69) is 10.3 Å². The largest absolute Gasteiger partial charge is 0.476 e. The van der Waals surface area contributed by atoms with Crippen molar-refractivity contribution >= 4 is 23.1 Å². The molecule has 1 fully saturated rings. The molecule has 0 aliphatic carbocycles. The predicted octanol–water partition coefficient (Wildman–Crippen LogP) is 1.51. The standard InChI is InChI=1S/C11H14N2O3S/c1-6(14)9-8(11(15)16)13-10(17-9)7-2-4-12-5-3-7/h7,12H,2-5H2,1H3,(H,15,16). The number of hydrogen-bond donors (Lipinski definition) is 2. The fourth-order valence-corrected chi connectivity index (χ4v) is 3.09. The summed E-state index contributed by atoms with van der Waals surface area (Å²) in [7, 11) is 0. The van der Waals surface area contributed by atoms with Gasteiger partial charge in [0.1, 0.15) is 4.88 Å². The van der Waals surface area contributed by atoms with Crippen molar-refractivity contribution in [2.75, 3.05) is 13.1 Å². The zero-order valence-electron chi connectivity index (χ0n) is 9.52. The first kappa shape index (κ1) is 12.2. The maximum Gasteiger partial charge on any atom is 0.356 e. The highest BCUT2D eigenvalue weighted by Gasteiger charge is 2.25. The SMILES string of the molecule is CC(=O)c1sc(C2CCNCC2)nc1C(=O)O. The molecular formula is C11H14N2O3S. The van der Waals surface area contributed by atoms with Crippen LogP contribution < -0.4 is 5.32 Å². The zero-order chi connectivity index (χ0) is 12.4. The smallest absolute Gasteiger partial charge is 0.356 e. The molecular weight excluding hydrogens is 240 g/mol. The number of carboxylic acids is 1. The van der Waals surface area contributed by atoms with Crippen LogP contribution in [0, 0.1) is 0 Å². The molecule has 0 atom stereocenters. The summed E-state index contributed by atoms with van der Waals surface area (Å²) in [6.45, 7) is 3.22. The van der Waals surface area contributed by atoms with E-state index in [0.29, 0.717) is 0 Å². The maximum absolute atomic E-state index is 11.4. The molecule has 1 saturated heterocycles. The third-order valence-electron chi connectivity index (χ3n) is 2.85. The van der Waals surface area contributed by atoms with E-state index in [0.717, 1.165) is 30.9 Å². The van der Waals surface area contributed by atoms with Crippen LogP contribution in [0.2, 0.25) is 0 Å². The Bertz CT molecular complexity index is 418. The second kappa shape index (κ2) is 4.93. The van der Waals surface area contributed by atoms with Gasteiger partial charge in [0.05, 0.1) is 5.01 Å². The van der Waals surface area contributed by atoms with Gasteiger partial charge in [0.2, 0.25) is 0 Å². The van der Waals surface area contributed by atoms with E-state index in [-0.39, 0.29) is 22.3 Å². The molecule has 5 nitrogen and oxygen atoms in total. The van der Waals surface area contributed by atoms with Gasteiger partial charge in [-0.1, -0.05) is 0 Å². The molecule has 1 aliphatic heterocycles. The molecule has 2 N–H and O–H groups in total. The number of thiazole rings is 1. The van der Waals surface area contributed by atoms with Gasteiger partial charge in [-0.15, -0.1) is 11.3 Å². The molecule has 0 saturated carbocycles. The van der Waals surface area contributed by atoms with Crippen LogP contribution in [-0.4, -0.2) is 34.9 Å². The Labute approximate surface area is 103 Å². The van der Waals surface area contributed by atoms with Gasteiger partial charge in [0.15, 0.2) is 11.5 Å². The Morgan fingerprint density at radius 3 is 2.53 bits per heavy atom. The Balaban J connectivity index is 2.32. The van der Waals surface area contributed by atoms with Crippen LogP contribution in [0.3, 0.4) is 0 Å². The average molecular weight is 254 g/mol. The molecule has 0 bridgehead atoms. The van der Waals surface area contributed by atoms with Crippen molar-refractivity contribution in [1.82, 2.24) is 10.3 Å². The Kier molecular flexibility index (Phi) is 3.54. The number of rotatable bonds is 3. The summed E-state index contributed by atoms with van der Waals surface area (Å²) in [6, 6.07) is 0. The Morgan fingerprint density at radius 2 is 2.06 bits per heavy atom. The minimum Gasteiger partial charge on any atom is -0.476 e. The summed E-state index contributed by atoms with van der Waals surface area (Å²) in [6.07, 6.45) is 1.90. The lowest BCUT2D eigenvalue weighted by Crippen LogP contribution is -2.26. The number of carbonyl (C=O) groups is 2. The highest BCUT2D eigenvalue weighted by atomic mass is 32.1. The summed E-state index contributed by atoms with van der Waals surface area (Å²) in [5.41, 5.74) is -0.0870. The van der Waals surface area contributed by atoms with Gasteiger partial charge in [0, 0.05) is 12.8 Å². The summed E-state index contributed by atoms with van der Waals surface area (Å²) >= 11 is 1.23. The van der Waals surface area contributed by atoms with Crippen LogP contribution in [0.1, 0.15) is 50.9 Å². The van der Waals surface area contributed by atoms with Crippen LogP contribution in [0.25, 0.3) is 0 Å². The molecule has 2 heterocycles. The summed E-state index contributed by atoms with van der Waals surface area (Å²) in [5, 5.41) is 13.0. The maximum atomic E-state index is 11.4. The molecule has 1 aliphatic rings. The number of Topliss-reactive ketones (excluding diaryl/α,β-unsaturated/α-hetero) is 1. The second-order valence-corrected chi connectivity index (χ2v) is 5.15. The molecule has 1 aromatic heterocycles. The normalized spacial score (nSPS) is 17.0. The van der Waals surface area contributed by atoms with Crippen LogP contribution in [0.4, 0.5) is 0 Å². The van der Waals surface area contributed by atoms with Gasteiger partial charge in [-0.2, -0.15) is 0 Å². The molecule has 0 aromatic carbocycles. The van der Waals surface area contributed by atoms with Crippen LogP contribution >= 0.6 is 11.3 Å². The van der Waals surface area contributed by atoms with Crippen molar-refractivity contribution in [3.05, 3.63) is 15.6 Å². The van der Waals surface area contributed by atoms with Crippen molar-refractivity contribution < 1.29 is 14.7 Å². The van der Waals surface area contributed by atoms with Crippen molar-refractivity contribution in [3.63, 3.8) is 0 Å². The van der Waals surface area contributed by atoms with E-state index in [4.69, 9.17) is 5.11 Å². The number of piperidine rings is 1. The van der Waals surface area contributed by atoms with E-state index in [1.807, 2.05) is 0 Å². The lowest BCUT2D eigenvalue weighted by atomic mass is 9.99. The topological polar surface area (TPSA) is 79.3 Å². The molecule has 0 radical (unpaired) electrons. The molecule has 6 heteroatoms. The fraction of sp³-hybridized carbons (Fsp3) is 0.545. The Morgan fingerprint density at radius 1 is 1.41 bits per heavy atom. The number of carbonyl (C=O) groups excluding carboxylic acids is 1. The lowest BCUT2D eigenvalue weighted by Gasteiger charge is -2.20. The van der Waals surface area contributed by atoms with Crippen molar-refractivity contribution in [2.24, 2.45) is 0 Å². The first-order valence-electron chi connectivity index (χ1n) is 5.55. The van der Waals surface area contributed by atoms with Crippen molar-refractivity contribution in [1.29, 1.82) is 0 Å². The summed E-state index contributed by atoms with van der Waals surface area (Å²) in [5.74, 6) is -1.06. The second-order valence-electron chi connectivity index (χ2n) is 4.12. The molecule has 1 aromatic rings. The van der Waals surface area contributed by atoms with E-state index in [1.165, 1.54) is 18.3 Å². The zero-order valence-corrected chi connectivity index (χ0v) is 10.3. The molecule has 2 rings (SSSR count). The molecule has 0 amide bonds. The molecule has 92 valence electrons. The van der Waals surface area contributed by atoms with Gasteiger partial charge in [-0.3, -0.25) is 4.79 Å². The lowest BCUT2D eigenvalue weighted by molar-refractivity contribution is 0.0686. The minimum atomic E-state index is -1.12. The van der Waals surface area contributed by atoms with Gasteiger partial charge >= 0.3 is 5.97 Å². The number of hydrogen-bond acceptors (Lipinski definition) is 5. The average Bonchev–Trinajstić information content (AvgIpc) is 2.75.